The molecule has 0 saturated carbocycles. The Morgan fingerprint density at radius 1 is 1.60 bits per heavy atom. The van der Waals surface area contributed by atoms with Crippen LogP contribution in [0.5, 0.6) is 0 Å². The van der Waals surface area contributed by atoms with Crippen LogP contribution in [-0.2, 0) is 14.3 Å². The van der Waals surface area contributed by atoms with Crippen molar-refractivity contribution in [2.24, 2.45) is 11.3 Å². The third kappa shape index (κ3) is 1.36. The van der Waals surface area contributed by atoms with E-state index in [0.717, 1.165) is 0 Å². The Morgan fingerprint density at radius 2 is 2.33 bits per heavy atom. The molecule has 0 aromatic carbocycles. The quantitative estimate of drug-likeness (QED) is 0.654. The molecule has 84 valence electrons. The average Bonchev–Trinajstić information content (AvgIpc) is 2.72. The Balaban J connectivity index is 2.18. The number of carboxylic acids is 1. The zero-order valence-corrected chi connectivity index (χ0v) is 8.43. The van der Waals surface area contributed by atoms with E-state index in [1.54, 1.807) is 0 Å². The molecule has 0 unspecified atom stereocenters. The first kappa shape index (κ1) is 10.2. The number of fused-ring (bicyclic) bond motifs is 1. The van der Waals surface area contributed by atoms with Gasteiger partial charge in [0.05, 0.1) is 20.3 Å². The van der Waals surface area contributed by atoms with E-state index in [1.807, 2.05) is 0 Å². The highest BCUT2D eigenvalue weighted by atomic mass is 16.5. The summed E-state index contributed by atoms with van der Waals surface area (Å²) in [5, 5.41) is 9.19. The molecule has 6 heteroatoms. The van der Waals surface area contributed by atoms with Gasteiger partial charge < -0.3 is 19.5 Å². The van der Waals surface area contributed by atoms with Gasteiger partial charge in [-0.25, -0.2) is 4.79 Å². The summed E-state index contributed by atoms with van der Waals surface area (Å²) in [7, 11) is 1.29. The topological polar surface area (TPSA) is 76.1 Å². The minimum absolute atomic E-state index is 0.117. The van der Waals surface area contributed by atoms with Crippen LogP contribution in [0.15, 0.2) is 0 Å². The molecular formula is C9H13NO5. The van der Waals surface area contributed by atoms with Gasteiger partial charge in [0.25, 0.3) is 0 Å². The summed E-state index contributed by atoms with van der Waals surface area (Å²) in [6.07, 6.45) is -0.468. The van der Waals surface area contributed by atoms with Gasteiger partial charge in [0.15, 0.2) is 0 Å². The largest absolute Gasteiger partial charge is 0.481 e. The van der Waals surface area contributed by atoms with E-state index in [1.165, 1.54) is 12.0 Å². The van der Waals surface area contributed by atoms with Crippen molar-refractivity contribution in [3.63, 3.8) is 0 Å². The molecule has 0 aliphatic carbocycles. The molecule has 2 saturated heterocycles. The lowest BCUT2D eigenvalue weighted by Gasteiger charge is -2.21. The molecule has 2 aliphatic rings. The summed E-state index contributed by atoms with van der Waals surface area (Å²) in [5.74, 6) is -1.01. The van der Waals surface area contributed by atoms with Gasteiger partial charge in [0.2, 0.25) is 0 Å². The van der Waals surface area contributed by atoms with Gasteiger partial charge in [-0.05, 0) is 0 Å². The molecule has 0 spiro atoms. The highest BCUT2D eigenvalue weighted by Gasteiger charge is 2.57. The third-order valence-corrected chi connectivity index (χ3v) is 3.23. The van der Waals surface area contributed by atoms with Gasteiger partial charge in [0.1, 0.15) is 5.41 Å². The van der Waals surface area contributed by atoms with E-state index in [4.69, 9.17) is 4.74 Å². The summed E-state index contributed by atoms with van der Waals surface area (Å²) < 4.78 is 9.76. The number of rotatable bonds is 1. The predicted molar refractivity (Wildman–Crippen MR) is 48.4 cm³/mol. The number of hydrogen-bond acceptors (Lipinski definition) is 4. The highest BCUT2D eigenvalue weighted by molar-refractivity contribution is 5.79. The van der Waals surface area contributed by atoms with E-state index in [-0.39, 0.29) is 19.1 Å². The second-order valence-electron chi connectivity index (χ2n) is 4.02. The number of likely N-dealkylation sites (tertiary alicyclic amines) is 1. The standard InChI is InChI=1S/C9H13NO5/c1-14-8(13)10-2-6-3-15-5-9(6,4-10)7(11)12/h6H,2-5H2,1H3,(H,11,12)/t6-,9-/m1/s1. The van der Waals surface area contributed by atoms with Crippen LogP contribution in [-0.4, -0.2) is 55.5 Å². The maximum atomic E-state index is 11.3. The van der Waals surface area contributed by atoms with Gasteiger partial charge in [0, 0.05) is 19.0 Å². The zero-order valence-electron chi connectivity index (χ0n) is 8.43. The minimum atomic E-state index is -0.922. The van der Waals surface area contributed by atoms with Crippen molar-refractivity contribution in [2.75, 3.05) is 33.4 Å². The molecule has 2 rings (SSSR count). The van der Waals surface area contributed by atoms with Crippen molar-refractivity contribution >= 4 is 12.1 Å². The number of amides is 1. The van der Waals surface area contributed by atoms with Crippen LogP contribution in [0.2, 0.25) is 0 Å². The Labute approximate surface area is 86.8 Å². The number of methoxy groups -OCH3 is 1. The van der Waals surface area contributed by atoms with E-state index < -0.39 is 17.5 Å². The van der Waals surface area contributed by atoms with E-state index in [2.05, 4.69) is 4.74 Å². The monoisotopic (exact) mass is 215 g/mol. The molecule has 0 aromatic heterocycles. The lowest BCUT2D eigenvalue weighted by Crippen LogP contribution is -2.40. The van der Waals surface area contributed by atoms with Crippen LogP contribution < -0.4 is 0 Å². The Bertz CT molecular complexity index is 305. The molecule has 1 amide bonds. The van der Waals surface area contributed by atoms with Gasteiger partial charge in [-0.1, -0.05) is 0 Å². The van der Waals surface area contributed by atoms with Crippen molar-refractivity contribution in [3.8, 4) is 0 Å². The SMILES string of the molecule is COC(=O)N1C[C@@H]2COC[C@]2(C(=O)O)C1. The number of carbonyl (C=O) groups is 2. The van der Waals surface area contributed by atoms with Gasteiger partial charge in [-0.15, -0.1) is 0 Å². The Hall–Kier alpha value is -1.30. The lowest BCUT2D eigenvalue weighted by atomic mass is 9.81. The molecule has 2 heterocycles. The maximum absolute atomic E-state index is 11.3. The first-order chi connectivity index (χ1) is 7.10. The van der Waals surface area contributed by atoms with Crippen LogP contribution in [0, 0.1) is 11.3 Å². The number of aliphatic carboxylic acids is 1. The number of nitrogens with zero attached hydrogens (tertiary/aromatic N) is 1. The Kier molecular flexibility index (Phi) is 2.30. The normalized spacial score (nSPS) is 33.9. The molecule has 1 N–H and O–H groups in total. The summed E-state index contributed by atoms with van der Waals surface area (Å²) in [4.78, 5) is 23.9. The zero-order chi connectivity index (χ0) is 11.1. The average molecular weight is 215 g/mol. The van der Waals surface area contributed by atoms with Crippen LogP contribution >= 0.6 is 0 Å². The number of hydrogen-bond donors (Lipinski definition) is 1. The van der Waals surface area contributed by atoms with E-state index in [0.29, 0.717) is 13.2 Å². The first-order valence-corrected chi connectivity index (χ1v) is 4.74. The molecule has 0 radical (unpaired) electrons. The number of carboxylic acid groups (broad SMARTS) is 1. The molecule has 0 aromatic rings. The summed E-state index contributed by atoms with van der Waals surface area (Å²) in [6, 6.07) is 0. The fraction of sp³-hybridized carbons (Fsp3) is 0.778. The molecule has 2 aliphatic heterocycles. The van der Waals surface area contributed by atoms with Crippen molar-refractivity contribution in [3.05, 3.63) is 0 Å². The van der Waals surface area contributed by atoms with Crippen LogP contribution in [0.1, 0.15) is 0 Å². The fourth-order valence-electron chi connectivity index (χ4n) is 2.31. The van der Waals surface area contributed by atoms with Crippen molar-refractivity contribution in [1.82, 2.24) is 4.90 Å². The molecule has 6 nitrogen and oxygen atoms in total. The van der Waals surface area contributed by atoms with Crippen molar-refractivity contribution in [2.45, 2.75) is 0 Å². The van der Waals surface area contributed by atoms with Crippen LogP contribution in [0.25, 0.3) is 0 Å². The predicted octanol–water partition coefficient (Wildman–Crippen LogP) is -0.214. The number of carbonyl (C=O) groups excluding carboxylic acids is 1. The van der Waals surface area contributed by atoms with Gasteiger partial charge in [-0.3, -0.25) is 4.79 Å². The molecular weight excluding hydrogens is 202 g/mol. The molecule has 0 bridgehead atoms. The van der Waals surface area contributed by atoms with Crippen LogP contribution in [0.4, 0.5) is 4.79 Å². The molecule has 15 heavy (non-hydrogen) atoms. The maximum Gasteiger partial charge on any atom is 0.409 e. The number of ether oxygens (including phenoxy) is 2. The summed E-state index contributed by atoms with van der Waals surface area (Å²) in [6.45, 7) is 1.17. The summed E-state index contributed by atoms with van der Waals surface area (Å²) >= 11 is 0. The van der Waals surface area contributed by atoms with E-state index >= 15 is 0 Å². The fourth-order valence-corrected chi connectivity index (χ4v) is 2.31. The van der Waals surface area contributed by atoms with Gasteiger partial charge >= 0.3 is 12.1 Å². The summed E-state index contributed by atoms with van der Waals surface area (Å²) in [5.41, 5.74) is -0.922. The highest BCUT2D eigenvalue weighted by Crippen LogP contribution is 2.41. The lowest BCUT2D eigenvalue weighted by molar-refractivity contribution is -0.149. The van der Waals surface area contributed by atoms with E-state index in [9.17, 15) is 14.7 Å². The molecule has 2 fully saturated rings. The first-order valence-electron chi connectivity index (χ1n) is 4.74. The van der Waals surface area contributed by atoms with Crippen LogP contribution in [0.3, 0.4) is 0 Å². The third-order valence-electron chi connectivity index (χ3n) is 3.23. The van der Waals surface area contributed by atoms with Crippen molar-refractivity contribution in [1.29, 1.82) is 0 Å². The van der Waals surface area contributed by atoms with Gasteiger partial charge in [-0.2, -0.15) is 0 Å². The Morgan fingerprint density at radius 3 is 2.87 bits per heavy atom. The smallest absolute Gasteiger partial charge is 0.409 e. The second-order valence-corrected chi connectivity index (χ2v) is 4.02. The second kappa shape index (κ2) is 3.37. The minimum Gasteiger partial charge on any atom is -0.481 e. The molecule has 2 atom stereocenters. The van der Waals surface area contributed by atoms with Crippen molar-refractivity contribution < 1.29 is 24.2 Å².